The summed E-state index contributed by atoms with van der Waals surface area (Å²) in [5, 5.41) is 12.8. The van der Waals surface area contributed by atoms with Crippen LogP contribution in [0.3, 0.4) is 0 Å². The summed E-state index contributed by atoms with van der Waals surface area (Å²) in [4.78, 5) is 12.0. The molecule has 1 heterocycles. The molecule has 0 saturated heterocycles. The number of rotatable bonds is 5. The van der Waals surface area contributed by atoms with Crippen molar-refractivity contribution in [1.29, 1.82) is 5.26 Å². The number of nitrogens with zero attached hydrogens (tertiary/aromatic N) is 2. The fraction of sp³-hybridized carbons (Fsp3) is 0.105. The lowest BCUT2D eigenvalue weighted by Crippen LogP contribution is -2.05. The SMILES string of the molecule is COc1cccc(-c2cc(COC(=O)c3cccc(C#N)c3)no2)c1. The molecule has 124 valence electrons. The number of methoxy groups -OCH3 is 1. The molecule has 0 bridgehead atoms. The van der Waals surface area contributed by atoms with Crippen LogP contribution >= 0.6 is 0 Å². The molecule has 25 heavy (non-hydrogen) atoms. The minimum atomic E-state index is -0.525. The van der Waals surface area contributed by atoms with Crippen LogP contribution in [-0.4, -0.2) is 18.2 Å². The molecule has 0 aliphatic heterocycles. The summed E-state index contributed by atoms with van der Waals surface area (Å²) in [7, 11) is 1.59. The first-order valence-electron chi connectivity index (χ1n) is 7.47. The smallest absolute Gasteiger partial charge is 0.338 e. The molecule has 0 radical (unpaired) electrons. The molecule has 3 rings (SSSR count). The Morgan fingerprint density at radius 1 is 1.20 bits per heavy atom. The molecule has 3 aromatic rings. The molecule has 0 unspecified atom stereocenters. The number of nitriles is 1. The third-order valence-electron chi connectivity index (χ3n) is 3.49. The van der Waals surface area contributed by atoms with Gasteiger partial charge in [0.1, 0.15) is 18.1 Å². The summed E-state index contributed by atoms with van der Waals surface area (Å²) < 4.78 is 15.7. The highest BCUT2D eigenvalue weighted by molar-refractivity contribution is 5.89. The first-order valence-corrected chi connectivity index (χ1v) is 7.47. The standard InChI is InChI=1S/C19H14N2O4/c1-23-17-7-3-5-14(9-17)18-10-16(21-25-18)12-24-19(22)15-6-2-4-13(8-15)11-20/h2-10H,12H2,1H3. The van der Waals surface area contributed by atoms with Crippen molar-refractivity contribution in [3.63, 3.8) is 0 Å². The first kappa shape index (κ1) is 16.3. The molecule has 0 aliphatic carbocycles. The van der Waals surface area contributed by atoms with Crippen LogP contribution in [0.5, 0.6) is 5.75 Å². The van der Waals surface area contributed by atoms with Crippen molar-refractivity contribution in [3.8, 4) is 23.1 Å². The number of aromatic nitrogens is 1. The average Bonchev–Trinajstić information content (AvgIpc) is 3.15. The summed E-state index contributed by atoms with van der Waals surface area (Å²) in [6.07, 6.45) is 0. The molecular weight excluding hydrogens is 320 g/mol. The lowest BCUT2D eigenvalue weighted by atomic mass is 10.1. The third kappa shape index (κ3) is 3.85. The van der Waals surface area contributed by atoms with E-state index in [1.165, 1.54) is 6.07 Å². The van der Waals surface area contributed by atoms with Gasteiger partial charge in [0.05, 0.1) is 24.3 Å². The first-order chi connectivity index (χ1) is 12.2. The van der Waals surface area contributed by atoms with E-state index in [1.54, 1.807) is 31.4 Å². The lowest BCUT2D eigenvalue weighted by Gasteiger charge is -2.02. The van der Waals surface area contributed by atoms with Crippen molar-refractivity contribution in [1.82, 2.24) is 5.16 Å². The number of hydrogen-bond donors (Lipinski definition) is 0. The maximum absolute atomic E-state index is 12.0. The van der Waals surface area contributed by atoms with Crippen LogP contribution in [-0.2, 0) is 11.3 Å². The number of ether oxygens (including phenoxy) is 2. The Morgan fingerprint density at radius 3 is 2.84 bits per heavy atom. The molecule has 0 saturated carbocycles. The van der Waals surface area contributed by atoms with Crippen molar-refractivity contribution in [2.45, 2.75) is 6.61 Å². The molecular formula is C19H14N2O4. The number of esters is 1. The Bertz CT molecular complexity index is 940. The molecule has 2 aromatic carbocycles. The molecule has 0 atom stereocenters. The van der Waals surface area contributed by atoms with Crippen LogP contribution in [0.2, 0.25) is 0 Å². The van der Waals surface area contributed by atoms with E-state index in [2.05, 4.69) is 5.16 Å². The third-order valence-corrected chi connectivity index (χ3v) is 3.49. The van der Waals surface area contributed by atoms with Crippen molar-refractivity contribution in [3.05, 3.63) is 71.4 Å². The second kappa shape index (κ2) is 7.32. The summed E-state index contributed by atoms with van der Waals surface area (Å²) in [6, 6.07) is 17.4. The van der Waals surface area contributed by atoms with E-state index < -0.39 is 5.97 Å². The minimum absolute atomic E-state index is 0.0247. The van der Waals surface area contributed by atoms with E-state index in [9.17, 15) is 4.79 Å². The van der Waals surface area contributed by atoms with E-state index in [0.29, 0.717) is 28.3 Å². The van der Waals surface area contributed by atoms with Gasteiger partial charge in [0.2, 0.25) is 0 Å². The number of benzene rings is 2. The Hall–Kier alpha value is -3.59. The Morgan fingerprint density at radius 2 is 2.04 bits per heavy atom. The zero-order chi connectivity index (χ0) is 17.6. The Labute approximate surface area is 144 Å². The van der Waals surface area contributed by atoms with Gasteiger partial charge in [-0.2, -0.15) is 5.26 Å². The topological polar surface area (TPSA) is 85.4 Å². The molecule has 0 fully saturated rings. The van der Waals surface area contributed by atoms with E-state index in [-0.39, 0.29) is 6.61 Å². The van der Waals surface area contributed by atoms with Crippen molar-refractivity contribution in [2.24, 2.45) is 0 Å². The van der Waals surface area contributed by atoms with Crippen LogP contribution < -0.4 is 4.74 Å². The largest absolute Gasteiger partial charge is 0.497 e. The molecule has 0 aliphatic rings. The molecule has 0 N–H and O–H groups in total. The molecule has 1 aromatic heterocycles. The summed E-state index contributed by atoms with van der Waals surface area (Å²) in [6.45, 7) is -0.0247. The van der Waals surface area contributed by atoms with Gasteiger partial charge in [0, 0.05) is 11.6 Å². The second-order valence-corrected chi connectivity index (χ2v) is 5.18. The van der Waals surface area contributed by atoms with Crippen molar-refractivity contribution in [2.75, 3.05) is 7.11 Å². The fourth-order valence-corrected chi connectivity index (χ4v) is 2.23. The zero-order valence-corrected chi connectivity index (χ0v) is 13.4. The van der Waals surface area contributed by atoms with Gasteiger partial charge >= 0.3 is 5.97 Å². The highest BCUT2D eigenvalue weighted by atomic mass is 16.5. The van der Waals surface area contributed by atoms with Gasteiger partial charge in [-0.25, -0.2) is 4.79 Å². The maximum Gasteiger partial charge on any atom is 0.338 e. The van der Waals surface area contributed by atoms with E-state index >= 15 is 0 Å². The molecule has 0 spiro atoms. The zero-order valence-electron chi connectivity index (χ0n) is 13.4. The normalized spacial score (nSPS) is 10.1. The van der Waals surface area contributed by atoms with E-state index in [1.807, 2.05) is 30.3 Å². The molecule has 6 heteroatoms. The quantitative estimate of drug-likeness (QED) is 0.663. The predicted molar refractivity (Wildman–Crippen MR) is 88.8 cm³/mol. The van der Waals surface area contributed by atoms with E-state index in [0.717, 1.165) is 5.56 Å². The highest BCUT2D eigenvalue weighted by Gasteiger charge is 2.12. The average molecular weight is 334 g/mol. The predicted octanol–water partition coefficient (Wildman–Crippen LogP) is 3.58. The Balaban J connectivity index is 1.67. The van der Waals surface area contributed by atoms with Crippen molar-refractivity contribution < 1.29 is 18.8 Å². The van der Waals surface area contributed by atoms with Crippen LogP contribution in [0.25, 0.3) is 11.3 Å². The van der Waals surface area contributed by atoms with Gasteiger partial charge in [-0.15, -0.1) is 0 Å². The fourth-order valence-electron chi connectivity index (χ4n) is 2.23. The number of carbonyl (C=O) groups excluding carboxylic acids is 1. The monoisotopic (exact) mass is 334 g/mol. The van der Waals surface area contributed by atoms with Crippen LogP contribution in [0, 0.1) is 11.3 Å². The Kier molecular flexibility index (Phi) is 4.77. The number of hydrogen-bond acceptors (Lipinski definition) is 6. The second-order valence-electron chi connectivity index (χ2n) is 5.18. The van der Waals surface area contributed by atoms with Gasteiger partial charge in [-0.1, -0.05) is 23.4 Å². The summed E-state index contributed by atoms with van der Waals surface area (Å²) >= 11 is 0. The van der Waals surface area contributed by atoms with Gasteiger partial charge in [-0.3, -0.25) is 0 Å². The summed E-state index contributed by atoms with van der Waals surface area (Å²) in [5.41, 5.74) is 2.01. The highest BCUT2D eigenvalue weighted by Crippen LogP contribution is 2.24. The minimum Gasteiger partial charge on any atom is -0.497 e. The molecule has 6 nitrogen and oxygen atoms in total. The van der Waals surface area contributed by atoms with Crippen LogP contribution in [0.4, 0.5) is 0 Å². The van der Waals surface area contributed by atoms with Gasteiger partial charge in [0.25, 0.3) is 0 Å². The van der Waals surface area contributed by atoms with Gasteiger partial charge < -0.3 is 14.0 Å². The van der Waals surface area contributed by atoms with Gasteiger partial charge in [-0.05, 0) is 30.3 Å². The maximum atomic E-state index is 12.0. The molecule has 0 amide bonds. The lowest BCUT2D eigenvalue weighted by molar-refractivity contribution is 0.0464. The van der Waals surface area contributed by atoms with Crippen LogP contribution in [0.15, 0.2) is 59.1 Å². The van der Waals surface area contributed by atoms with Crippen molar-refractivity contribution >= 4 is 5.97 Å². The van der Waals surface area contributed by atoms with E-state index in [4.69, 9.17) is 19.3 Å². The number of carbonyl (C=O) groups is 1. The van der Waals surface area contributed by atoms with Gasteiger partial charge in [0.15, 0.2) is 5.76 Å². The summed E-state index contributed by atoms with van der Waals surface area (Å²) in [5.74, 6) is 0.735. The van der Waals surface area contributed by atoms with Crippen LogP contribution in [0.1, 0.15) is 21.6 Å².